The molecule has 0 saturated carbocycles. The summed E-state index contributed by atoms with van der Waals surface area (Å²) in [7, 11) is 0. The second kappa shape index (κ2) is 8.14. The predicted molar refractivity (Wildman–Crippen MR) is 99.0 cm³/mol. The number of carbonyl (C=O) groups is 1. The third-order valence-corrected chi connectivity index (χ3v) is 5.00. The average molecular weight is 321 g/mol. The number of benzene rings is 2. The van der Waals surface area contributed by atoms with Crippen LogP contribution in [0.1, 0.15) is 60.9 Å². The first kappa shape index (κ1) is 16.8. The third kappa shape index (κ3) is 4.25. The smallest absolute Gasteiger partial charge is 0.220 e. The van der Waals surface area contributed by atoms with Gasteiger partial charge in [-0.1, -0.05) is 55.5 Å². The molecule has 0 radical (unpaired) electrons. The first-order valence-corrected chi connectivity index (χ1v) is 9.21. The van der Waals surface area contributed by atoms with E-state index in [4.69, 9.17) is 0 Å². The Morgan fingerprint density at radius 2 is 1.79 bits per heavy atom. The predicted octanol–water partition coefficient (Wildman–Crippen LogP) is 4.77. The number of aryl methyl sites for hydroxylation is 3. The highest BCUT2D eigenvalue weighted by molar-refractivity contribution is 5.76. The maximum Gasteiger partial charge on any atom is 0.220 e. The van der Waals surface area contributed by atoms with Crippen LogP contribution in [0, 0.1) is 0 Å². The van der Waals surface area contributed by atoms with Gasteiger partial charge in [-0.05, 0) is 60.8 Å². The molecule has 24 heavy (non-hydrogen) atoms. The molecule has 1 atom stereocenters. The quantitative estimate of drug-likeness (QED) is 0.816. The number of amides is 1. The SMILES string of the molecule is CCC(NC(=O)CCc1ccccc1)c1ccc2c(c1)CCCC2. The molecule has 1 aliphatic carbocycles. The van der Waals surface area contributed by atoms with Gasteiger partial charge in [0.25, 0.3) is 0 Å². The number of fused-ring (bicyclic) bond motifs is 1. The molecule has 1 amide bonds. The fourth-order valence-corrected chi connectivity index (χ4v) is 3.56. The minimum absolute atomic E-state index is 0.125. The van der Waals surface area contributed by atoms with Crippen LogP contribution in [0.25, 0.3) is 0 Å². The van der Waals surface area contributed by atoms with Gasteiger partial charge in [0.05, 0.1) is 6.04 Å². The van der Waals surface area contributed by atoms with Gasteiger partial charge < -0.3 is 5.32 Å². The Labute approximate surface area is 145 Å². The first-order valence-electron chi connectivity index (χ1n) is 9.21. The zero-order chi connectivity index (χ0) is 16.8. The summed E-state index contributed by atoms with van der Waals surface area (Å²) in [4.78, 5) is 12.3. The molecule has 0 fully saturated rings. The topological polar surface area (TPSA) is 29.1 Å². The molecular formula is C22H27NO. The van der Waals surface area contributed by atoms with Gasteiger partial charge in [0, 0.05) is 6.42 Å². The molecule has 1 N–H and O–H groups in total. The number of hydrogen-bond donors (Lipinski definition) is 1. The third-order valence-electron chi connectivity index (χ3n) is 5.00. The molecule has 0 aliphatic heterocycles. The summed E-state index contributed by atoms with van der Waals surface area (Å²) in [5.74, 6) is 0.142. The van der Waals surface area contributed by atoms with Gasteiger partial charge in [-0.2, -0.15) is 0 Å². The van der Waals surface area contributed by atoms with E-state index in [1.807, 2.05) is 18.2 Å². The van der Waals surface area contributed by atoms with Gasteiger partial charge in [0.2, 0.25) is 5.91 Å². The lowest BCUT2D eigenvalue weighted by Gasteiger charge is -2.21. The van der Waals surface area contributed by atoms with E-state index < -0.39 is 0 Å². The molecule has 0 bridgehead atoms. The van der Waals surface area contributed by atoms with Gasteiger partial charge in [-0.3, -0.25) is 4.79 Å². The Bertz CT molecular complexity index is 678. The van der Waals surface area contributed by atoms with E-state index in [2.05, 4.69) is 42.6 Å². The van der Waals surface area contributed by atoms with Crippen LogP contribution < -0.4 is 5.32 Å². The average Bonchev–Trinajstić information content (AvgIpc) is 2.65. The first-order chi connectivity index (χ1) is 11.8. The van der Waals surface area contributed by atoms with Crippen molar-refractivity contribution in [2.24, 2.45) is 0 Å². The van der Waals surface area contributed by atoms with Crippen LogP contribution in [0.2, 0.25) is 0 Å². The fourth-order valence-electron chi connectivity index (χ4n) is 3.56. The molecule has 3 rings (SSSR count). The van der Waals surface area contributed by atoms with Crippen LogP contribution in [0.5, 0.6) is 0 Å². The lowest BCUT2D eigenvalue weighted by Crippen LogP contribution is -2.28. The van der Waals surface area contributed by atoms with E-state index in [9.17, 15) is 4.79 Å². The van der Waals surface area contributed by atoms with Crippen LogP contribution >= 0.6 is 0 Å². The Morgan fingerprint density at radius 3 is 2.54 bits per heavy atom. The van der Waals surface area contributed by atoms with E-state index in [0.717, 1.165) is 12.8 Å². The molecular weight excluding hydrogens is 294 g/mol. The Balaban J connectivity index is 1.60. The summed E-state index contributed by atoms with van der Waals surface area (Å²) in [5.41, 5.74) is 5.45. The second-order valence-corrected chi connectivity index (χ2v) is 6.75. The van der Waals surface area contributed by atoms with Crippen molar-refractivity contribution in [2.45, 2.75) is 57.9 Å². The van der Waals surface area contributed by atoms with Crippen molar-refractivity contribution < 1.29 is 4.79 Å². The summed E-state index contributed by atoms with van der Waals surface area (Å²) in [6.45, 7) is 2.14. The number of carbonyl (C=O) groups excluding carboxylic acids is 1. The van der Waals surface area contributed by atoms with Crippen molar-refractivity contribution in [1.82, 2.24) is 5.32 Å². The highest BCUT2D eigenvalue weighted by Crippen LogP contribution is 2.26. The molecule has 2 aromatic rings. The zero-order valence-electron chi connectivity index (χ0n) is 14.6. The van der Waals surface area contributed by atoms with Crippen molar-refractivity contribution in [2.75, 3.05) is 0 Å². The monoisotopic (exact) mass is 321 g/mol. The molecule has 2 aromatic carbocycles. The van der Waals surface area contributed by atoms with Gasteiger partial charge >= 0.3 is 0 Å². The molecule has 1 unspecified atom stereocenters. The van der Waals surface area contributed by atoms with Crippen molar-refractivity contribution in [1.29, 1.82) is 0 Å². The lowest BCUT2D eigenvalue weighted by molar-refractivity contribution is -0.121. The van der Waals surface area contributed by atoms with E-state index in [1.54, 1.807) is 0 Å². The van der Waals surface area contributed by atoms with Gasteiger partial charge in [-0.25, -0.2) is 0 Å². The highest BCUT2D eigenvalue weighted by atomic mass is 16.1. The molecule has 0 heterocycles. The normalized spacial score (nSPS) is 14.7. The van der Waals surface area contributed by atoms with E-state index in [0.29, 0.717) is 6.42 Å². The van der Waals surface area contributed by atoms with Gasteiger partial charge in [-0.15, -0.1) is 0 Å². The Hall–Kier alpha value is -2.09. The van der Waals surface area contributed by atoms with Gasteiger partial charge in [0.15, 0.2) is 0 Å². The van der Waals surface area contributed by atoms with Crippen LogP contribution in [-0.2, 0) is 24.1 Å². The van der Waals surface area contributed by atoms with Crippen molar-refractivity contribution >= 4 is 5.91 Å². The number of rotatable bonds is 6. The fraction of sp³-hybridized carbons (Fsp3) is 0.409. The van der Waals surface area contributed by atoms with Crippen LogP contribution in [0.4, 0.5) is 0 Å². The van der Waals surface area contributed by atoms with E-state index >= 15 is 0 Å². The molecule has 126 valence electrons. The molecule has 0 saturated heterocycles. The minimum atomic E-state index is 0.125. The summed E-state index contributed by atoms with van der Waals surface area (Å²) in [6, 6.07) is 17.1. The molecule has 0 aromatic heterocycles. The molecule has 0 spiro atoms. The molecule has 2 heteroatoms. The number of hydrogen-bond acceptors (Lipinski definition) is 1. The standard InChI is InChI=1S/C22H27NO/c1-2-21(20-14-13-18-10-6-7-11-19(18)16-20)23-22(24)15-12-17-8-4-3-5-9-17/h3-5,8-9,13-14,16,21H,2,6-7,10-12,15H2,1H3,(H,23,24). The van der Waals surface area contributed by atoms with Crippen LogP contribution in [-0.4, -0.2) is 5.91 Å². The van der Waals surface area contributed by atoms with Crippen molar-refractivity contribution in [3.8, 4) is 0 Å². The molecule has 1 aliphatic rings. The van der Waals surface area contributed by atoms with E-state index in [1.165, 1.54) is 47.9 Å². The summed E-state index contributed by atoms with van der Waals surface area (Å²) >= 11 is 0. The summed E-state index contributed by atoms with van der Waals surface area (Å²) < 4.78 is 0. The maximum atomic E-state index is 12.3. The van der Waals surface area contributed by atoms with Crippen LogP contribution in [0.3, 0.4) is 0 Å². The second-order valence-electron chi connectivity index (χ2n) is 6.75. The maximum absolute atomic E-state index is 12.3. The minimum Gasteiger partial charge on any atom is -0.349 e. The largest absolute Gasteiger partial charge is 0.349 e. The zero-order valence-corrected chi connectivity index (χ0v) is 14.6. The molecule has 2 nitrogen and oxygen atoms in total. The van der Waals surface area contributed by atoms with Crippen molar-refractivity contribution in [3.63, 3.8) is 0 Å². The number of nitrogens with one attached hydrogen (secondary N) is 1. The highest BCUT2D eigenvalue weighted by Gasteiger charge is 2.16. The van der Waals surface area contributed by atoms with E-state index in [-0.39, 0.29) is 11.9 Å². The van der Waals surface area contributed by atoms with Gasteiger partial charge in [0.1, 0.15) is 0 Å². The Morgan fingerprint density at radius 1 is 1.04 bits per heavy atom. The lowest BCUT2D eigenvalue weighted by atomic mass is 9.89. The summed E-state index contributed by atoms with van der Waals surface area (Å²) in [6.07, 6.45) is 7.25. The van der Waals surface area contributed by atoms with Crippen LogP contribution in [0.15, 0.2) is 48.5 Å². The summed E-state index contributed by atoms with van der Waals surface area (Å²) in [5, 5.41) is 3.22. The Kier molecular flexibility index (Phi) is 5.68. The van der Waals surface area contributed by atoms with Crippen molar-refractivity contribution in [3.05, 3.63) is 70.8 Å².